The Morgan fingerprint density at radius 3 is 2.89 bits per heavy atom. The normalized spacial score (nSPS) is 32.6. The smallest absolute Gasteiger partial charge is 0.305 e. The first-order valence-corrected chi connectivity index (χ1v) is 9.74. The number of carboxylic acid groups (broad SMARTS) is 1. The Labute approximate surface area is 167 Å². The fourth-order valence-corrected chi connectivity index (χ4v) is 4.64. The number of ether oxygens (including phenoxy) is 3. The molecule has 3 heterocycles. The van der Waals surface area contributed by atoms with Gasteiger partial charge in [-0.3, -0.25) is 9.78 Å². The third-order valence-corrected chi connectivity index (χ3v) is 6.29. The molecule has 6 nitrogen and oxygen atoms in total. The number of nitrogens with zero attached hydrogens (tertiary/aromatic N) is 1. The molecule has 3 unspecified atom stereocenters. The van der Waals surface area contributed by atoms with Crippen molar-refractivity contribution in [2.75, 3.05) is 6.61 Å². The summed E-state index contributed by atoms with van der Waals surface area (Å²) in [6.07, 6.45) is 3.15. The average Bonchev–Trinajstić information content (AvgIpc) is 3.27. The lowest BCUT2D eigenvalue weighted by atomic mass is 9.88. The monoisotopic (exact) mass is 401 g/mol. The van der Waals surface area contributed by atoms with Crippen LogP contribution in [0, 0.1) is 5.92 Å². The van der Waals surface area contributed by atoms with E-state index < -0.39 is 11.8 Å². The molecule has 1 saturated heterocycles. The minimum absolute atomic E-state index is 0.0550. The van der Waals surface area contributed by atoms with E-state index in [0.29, 0.717) is 29.0 Å². The van der Waals surface area contributed by atoms with Gasteiger partial charge in [-0.05, 0) is 37.0 Å². The Kier molecular flexibility index (Phi) is 3.87. The maximum absolute atomic E-state index is 11.0. The van der Waals surface area contributed by atoms with E-state index in [1.807, 2.05) is 19.1 Å². The van der Waals surface area contributed by atoms with Gasteiger partial charge < -0.3 is 19.3 Å². The minimum atomic E-state index is -1.02. The Hall–Kier alpha value is -2.31. The predicted octanol–water partition coefficient (Wildman–Crippen LogP) is 3.90. The Morgan fingerprint density at radius 1 is 1.32 bits per heavy atom. The van der Waals surface area contributed by atoms with Crippen LogP contribution in [0.3, 0.4) is 0 Å². The molecule has 5 rings (SSSR count). The second-order valence-corrected chi connectivity index (χ2v) is 8.40. The molecule has 28 heavy (non-hydrogen) atoms. The highest BCUT2D eigenvalue weighted by molar-refractivity contribution is 6.30. The number of fused-ring (bicyclic) bond motifs is 2. The highest BCUT2D eigenvalue weighted by atomic mass is 35.5. The van der Waals surface area contributed by atoms with Crippen LogP contribution >= 0.6 is 11.6 Å². The van der Waals surface area contributed by atoms with Crippen molar-refractivity contribution in [3.05, 3.63) is 52.8 Å². The summed E-state index contributed by atoms with van der Waals surface area (Å²) in [7, 11) is 0. The molecule has 0 bridgehead atoms. The summed E-state index contributed by atoms with van der Waals surface area (Å²) >= 11 is 5.95. The molecule has 0 radical (unpaired) electrons. The van der Waals surface area contributed by atoms with Gasteiger partial charge >= 0.3 is 5.97 Å². The molecule has 2 aliphatic heterocycles. The van der Waals surface area contributed by atoms with E-state index in [1.54, 1.807) is 18.3 Å². The van der Waals surface area contributed by atoms with Crippen LogP contribution in [-0.2, 0) is 20.7 Å². The van der Waals surface area contributed by atoms with Gasteiger partial charge in [-0.15, -0.1) is 0 Å². The topological polar surface area (TPSA) is 77.9 Å². The lowest BCUT2D eigenvalue weighted by molar-refractivity contribution is -0.141. The molecule has 1 N–H and O–H groups in total. The number of benzene rings is 1. The number of hydrogen-bond acceptors (Lipinski definition) is 5. The largest absolute Gasteiger partial charge is 0.481 e. The van der Waals surface area contributed by atoms with Crippen molar-refractivity contribution in [2.24, 2.45) is 5.92 Å². The van der Waals surface area contributed by atoms with Crippen molar-refractivity contribution in [2.45, 2.75) is 43.5 Å². The van der Waals surface area contributed by atoms with E-state index >= 15 is 0 Å². The van der Waals surface area contributed by atoms with E-state index in [0.717, 1.165) is 24.2 Å². The van der Waals surface area contributed by atoms with Gasteiger partial charge in [0.2, 0.25) is 0 Å². The van der Waals surface area contributed by atoms with E-state index in [-0.39, 0.29) is 17.9 Å². The molecule has 1 aromatic carbocycles. The third kappa shape index (κ3) is 2.74. The molecule has 4 atom stereocenters. The van der Waals surface area contributed by atoms with Crippen molar-refractivity contribution < 1.29 is 24.1 Å². The summed E-state index contributed by atoms with van der Waals surface area (Å²) in [4.78, 5) is 15.3. The Bertz CT molecular complexity index is 948. The van der Waals surface area contributed by atoms with Crippen molar-refractivity contribution in [1.82, 2.24) is 4.98 Å². The molecule has 1 saturated carbocycles. The van der Waals surface area contributed by atoms with Crippen molar-refractivity contribution in [3.8, 4) is 11.5 Å². The summed E-state index contributed by atoms with van der Waals surface area (Å²) < 4.78 is 18.4. The molecule has 0 spiro atoms. The Balaban J connectivity index is 1.42. The van der Waals surface area contributed by atoms with Gasteiger partial charge in [-0.25, -0.2) is 0 Å². The van der Waals surface area contributed by atoms with Crippen LogP contribution < -0.4 is 9.47 Å². The van der Waals surface area contributed by atoms with Gasteiger partial charge in [0.1, 0.15) is 5.69 Å². The van der Waals surface area contributed by atoms with Gasteiger partial charge in [0, 0.05) is 24.1 Å². The number of para-hydroxylation sites is 1. The molecule has 146 valence electrons. The van der Waals surface area contributed by atoms with Gasteiger partial charge in [0.05, 0.1) is 24.2 Å². The van der Waals surface area contributed by atoms with Crippen LogP contribution in [0.2, 0.25) is 5.02 Å². The van der Waals surface area contributed by atoms with E-state index in [1.165, 1.54) is 0 Å². The maximum atomic E-state index is 11.0. The average molecular weight is 402 g/mol. The lowest BCUT2D eigenvalue weighted by Gasteiger charge is -2.29. The first-order chi connectivity index (χ1) is 13.4. The molecule has 2 fully saturated rings. The van der Waals surface area contributed by atoms with Crippen LogP contribution in [0.5, 0.6) is 11.5 Å². The molecular formula is C21H20ClNO5. The molecule has 2 aromatic rings. The van der Waals surface area contributed by atoms with Crippen LogP contribution in [0.1, 0.15) is 37.4 Å². The van der Waals surface area contributed by atoms with Crippen molar-refractivity contribution in [1.29, 1.82) is 0 Å². The summed E-state index contributed by atoms with van der Waals surface area (Å²) in [6, 6.07) is 9.48. The van der Waals surface area contributed by atoms with Crippen LogP contribution in [0.25, 0.3) is 0 Å². The number of aromatic nitrogens is 1. The third-order valence-electron chi connectivity index (χ3n) is 6.07. The van der Waals surface area contributed by atoms with Crippen LogP contribution in [0.15, 0.2) is 36.5 Å². The molecule has 3 aliphatic rings. The number of aliphatic carboxylic acids is 1. The lowest BCUT2D eigenvalue weighted by Crippen LogP contribution is -2.34. The number of halogens is 1. The quantitative estimate of drug-likeness (QED) is 0.837. The second kappa shape index (κ2) is 6.09. The first-order valence-electron chi connectivity index (χ1n) is 9.37. The van der Waals surface area contributed by atoms with Crippen LogP contribution in [-0.4, -0.2) is 28.8 Å². The summed E-state index contributed by atoms with van der Waals surface area (Å²) in [5, 5.41) is 9.58. The number of carboxylic acids is 1. The predicted molar refractivity (Wildman–Crippen MR) is 101 cm³/mol. The molecule has 1 aliphatic carbocycles. The molecular weight excluding hydrogens is 382 g/mol. The van der Waals surface area contributed by atoms with E-state index in [2.05, 4.69) is 11.1 Å². The first kappa shape index (κ1) is 17.8. The van der Waals surface area contributed by atoms with E-state index in [9.17, 15) is 4.79 Å². The zero-order valence-electron chi connectivity index (χ0n) is 15.4. The molecule has 0 amide bonds. The minimum Gasteiger partial charge on any atom is -0.481 e. The number of carbonyl (C=O) groups is 1. The molecule has 7 heteroatoms. The Morgan fingerprint density at radius 2 is 2.18 bits per heavy atom. The highest BCUT2D eigenvalue weighted by Crippen LogP contribution is 2.63. The summed E-state index contributed by atoms with van der Waals surface area (Å²) in [5.74, 6) is -0.0253. The van der Waals surface area contributed by atoms with Gasteiger partial charge in [-0.2, -0.15) is 0 Å². The standard InChI is InChI=1S/C21H20ClNO5/c1-20(17-6-5-13(22)10-23-17)27-16-4-2-3-15(19(16)28-20)21-9-12(21)7-14(26-11-21)8-18(24)25/h2-6,10,12,14H,7-9,11H2,1H3,(H,24,25)/t12?,14?,20-,21?/m1/s1. The second-order valence-electron chi connectivity index (χ2n) is 7.97. The zero-order chi connectivity index (χ0) is 19.5. The van der Waals surface area contributed by atoms with Crippen molar-refractivity contribution in [3.63, 3.8) is 0 Å². The SMILES string of the molecule is C[C@@]1(c2ccc(Cl)cn2)Oc2cccc(C34COC(CC(=O)O)CC3C4)c2O1. The van der Waals surface area contributed by atoms with Gasteiger partial charge in [0.25, 0.3) is 5.79 Å². The number of hydrogen-bond donors (Lipinski definition) is 1. The fraction of sp³-hybridized carbons (Fsp3) is 0.429. The van der Waals surface area contributed by atoms with Gasteiger partial charge in [-0.1, -0.05) is 23.7 Å². The fourth-order valence-electron chi connectivity index (χ4n) is 4.53. The maximum Gasteiger partial charge on any atom is 0.305 e. The van der Waals surface area contributed by atoms with Crippen molar-refractivity contribution >= 4 is 17.6 Å². The highest BCUT2D eigenvalue weighted by Gasteiger charge is 2.61. The van der Waals surface area contributed by atoms with E-state index in [4.69, 9.17) is 30.9 Å². The summed E-state index contributed by atoms with van der Waals surface area (Å²) in [6.45, 7) is 2.35. The summed E-state index contributed by atoms with van der Waals surface area (Å²) in [5.41, 5.74) is 1.59. The van der Waals surface area contributed by atoms with Crippen LogP contribution in [0.4, 0.5) is 0 Å². The van der Waals surface area contributed by atoms with Gasteiger partial charge in [0.15, 0.2) is 11.5 Å². The zero-order valence-corrected chi connectivity index (χ0v) is 16.1. The number of pyridine rings is 1. The molecule has 1 aromatic heterocycles. The number of rotatable bonds is 4.